The van der Waals surface area contributed by atoms with Gasteiger partial charge < -0.3 is 0 Å². The van der Waals surface area contributed by atoms with Crippen molar-refractivity contribution in [1.82, 2.24) is 5.43 Å². The molecule has 6 nitrogen and oxygen atoms in total. The van der Waals surface area contributed by atoms with Crippen LogP contribution in [0.4, 0.5) is 10.1 Å². The number of carbonyl (C=O) groups excluding carboxylic acids is 3. The van der Waals surface area contributed by atoms with Crippen molar-refractivity contribution in [2.45, 2.75) is 32.6 Å². The minimum absolute atomic E-state index is 0.106. The lowest BCUT2D eigenvalue weighted by molar-refractivity contribution is -0.122. The molecule has 4 rings (SSSR count). The molecular weight excluding hydrogens is 385 g/mol. The molecule has 2 aromatic rings. The minimum atomic E-state index is -0.513. The van der Waals surface area contributed by atoms with Gasteiger partial charge in [-0.25, -0.2) is 9.82 Å². The molecule has 0 unspecified atom stereocenters. The van der Waals surface area contributed by atoms with Gasteiger partial charge in [0.1, 0.15) is 5.82 Å². The van der Waals surface area contributed by atoms with Gasteiger partial charge in [0.2, 0.25) is 11.8 Å². The molecule has 0 bridgehead atoms. The van der Waals surface area contributed by atoms with Crippen LogP contribution >= 0.6 is 0 Å². The van der Waals surface area contributed by atoms with E-state index >= 15 is 0 Å². The maximum atomic E-state index is 13.2. The summed E-state index contributed by atoms with van der Waals surface area (Å²) >= 11 is 0. The minimum Gasteiger partial charge on any atom is -0.274 e. The van der Waals surface area contributed by atoms with E-state index < -0.39 is 11.7 Å². The Morgan fingerprint density at radius 1 is 1.00 bits per heavy atom. The van der Waals surface area contributed by atoms with Crippen molar-refractivity contribution < 1.29 is 18.8 Å². The molecule has 3 amide bonds. The smallest absolute Gasteiger partial charge is 0.271 e. The largest absolute Gasteiger partial charge is 0.274 e. The van der Waals surface area contributed by atoms with Crippen LogP contribution in [0, 0.1) is 17.7 Å². The Morgan fingerprint density at radius 2 is 1.63 bits per heavy atom. The third kappa shape index (κ3) is 3.75. The molecular formula is C23H22FN3O3. The monoisotopic (exact) mass is 407 g/mol. The van der Waals surface area contributed by atoms with E-state index in [1.54, 1.807) is 31.2 Å². The molecule has 1 N–H and O–H groups in total. The van der Waals surface area contributed by atoms with Gasteiger partial charge in [0.05, 0.1) is 23.2 Å². The summed E-state index contributed by atoms with van der Waals surface area (Å²) < 4.78 is 13.2. The van der Waals surface area contributed by atoms with Gasteiger partial charge in [0.25, 0.3) is 5.91 Å². The summed E-state index contributed by atoms with van der Waals surface area (Å²) in [6.45, 7) is 1.72. The average molecular weight is 407 g/mol. The van der Waals surface area contributed by atoms with Gasteiger partial charge in [0, 0.05) is 5.56 Å². The number of benzene rings is 2. The van der Waals surface area contributed by atoms with E-state index in [9.17, 15) is 18.8 Å². The van der Waals surface area contributed by atoms with Crippen LogP contribution in [-0.4, -0.2) is 23.4 Å². The summed E-state index contributed by atoms with van der Waals surface area (Å²) in [7, 11) is 0. The first-order valence-electron chi connectivity index (χ1n) is 10.0. The Balaban J connectivity index is 1.46. The van der Waals surface area contributed by atoms with E-state index in [1.807, 2.05) is 0 Å². The normalized spacial score (nSPS) is 21.5. The molecule has 0 radical (unpaired) electrons. The summed E-state index contributed by atoms with van der Waals surface area (Å²) in [5, 5.41) is 4.06. The second kappa shape index (κ2) is 8.18. The Labute approximate surface area is 173 Å². The molecule has 2 aliphatic rings. The number of anilines is 1. The fourth-order valence-corrected chi connectivity index (χ4v) is 4.16. The highest BCUT2D eigenvalue weighted by Gasteiger charge is 2.48. The molecule has 0 aromatic heterocycles. The number of nitrogens with zero attached hydrogens (tertiary/aromatic N) is 2. The zero-order valence-corrected chi connectivity index (χ0v) is 16.6. The van der Waals surface area contributed by atoms with Gasteiger partial charge in [-0.3, -0.25) is 19.3 Å². The molecule has 1 aliphatic heterocycles. The third-order valence-electron chi connectivity index (χ3n) is 5.80. The maximum Gasteiger partial charge on any atom is 0.271 e. The third-order valence-corrected chi connectivity index (χ3v) is 5.80. The predicted octanol–water partition coefficient (Wildman–Crippen LogP) is 3.66. The predicted molar refractivity (Wildman–Crippen MR) is 110 cm³/mol. The lowest BCUT2D eigenvalue weighted by Gasteiger charge is -2.19. The maximum absolute atomic E-state index is 13.2. The van der Waals surface area contributed by atoms with Crippen molar-refractivity contribution in [2.24, 2.45) is 16.9 Å². The lowest BCUT2D eigenvalue weighted by Crippen LogP contribution is -2.30. The standard InChI is InChI=1S/C23H22FN3O3/c1-14(25-26-21(28)16-5-4-6-17(24)13-16)15-9-11-18(12-10-15)27-22(29)19-7-2-3-8-20(19)23(27)30/h4-6,9-13,19-20H,2-3,7-8H2,1H3,(H,26,28)/b25-14-/t19-,20+. The second-order valence-corrected chi connectivity index (χ2v) is 7.70. The Kier molecular flexibility index (Phi) is 5.44. The molecule has 30 heavy (non-hydrogen) atoms. The van der Waals surface area contributed by atoms with E-state index in [2.05, 4.69) is 10.5 Å². The number of rotatable bonds is 4. The van der Waals surface area contributed by atoms with Gasteiger partial charge in [-0.15, -0.1) is 0 Å². The molecule has 2 aromatic carbocycles. The van der Waals surface area contributed by atoms with Crippen LogP contribution in [0.3, 0.4) is 0 Å². The van der Waals surface area contributed by atoms with Crippen LogP contribution in [0.1, 0.15) is 48.5 Å². The molecule has 154 valence electrons. The van der Waals surface area contributed by atoms with Crippen LogP contribution in [0.5, 0.6) is 0 Å². The number of amides is 3. The Hall–Kier alpha value is -3.35. The van der Waals surface area contributed by atoms with Crippen LogP contribution in [0.25, 0.3) is 0 Å². The number of hydrogen-bond acceptors (Lipinski definition) is 4. The summed E-state index contributed by atoms with van der Waals surface area (Å²) in [6, 6.07) is 12.3. The first-order chi connectivity index (χ1) is 14.5. The highest BCUT2D eigenvalue weighted by Crippen LogP contribution is 2.40. The van der Waals surface area contributed by atoms with E-state index in [1.165, 1.54) is 23.1 Å². The van der Waals surface area contributed by atoms with Crippen molar-refractivity contribution in [1.29, 1.82) is 0 Å². The number of carbonyl (C=O) groups is 3. The van der Waals surface area contributed by atoms with Crippen molar-refractivity contribution in [3.63, 3.8) is 0 Å². The summed E-state index contributed by atoms with van der Waals surface area (Å²) in [6.07, 6.45) is 3.54. The molecule has 1 heterocycles. The van der Waals surface area contributed by atoms with Gasteiger partial charge in [-0.1, -0.05) is 31.0 Å². The number of fused-ring (bicyclic) bond motifs is 1. The number of halogens is 1. The lowest BCUT2D eigenvalue weighted by atomic mass is 9.81. The first-order valence-corrected chi connectivity index (χ1v) is 10.0. The van der Waals surface area contributed by atoms with Crippen LogP contribution in [0.15, 0.2) is 53.6 Å². The zero-order chi connectivity index (χ0) is 21.3. The van der Waals surface area contributed by atoms with Crippen LogP contribution in [0.2, 0.25) is 0 Å². The quantitative estimate of drug-likeness (QED) is 0.477. The van der Waals surface area contributed by atoms with E-state index in [4.69, 9.17) is 0 Å². The fourth-order valence-electron chi connectivity index (χ4n) is 4.16. The van der Waals surface area contributed by atoms with Gasteiger partial charge in [-0.05, 0) is 55.7 Å². The van der Waals surface area contributed by atoms with Gasteiger partial charge in [0.15, 0.2) is 0 Å². The highest BCUT2D eigenvalue weighted by atomic mass is 19.1. The summed E-state index contributed by atoms with van der Waals surface area (Å²) in [5.74, 6) is -1.60. The number of hydrazone groups is 1. The van der Waals surface area contributed by atoms with Gasteiger partial charge in [-0.2, -0.15) is 5.10 Å². The Morgan fingerprint density at radius 3 is 2.23 bits per heavy atom. The summed E-state index contributed by atoms with van der Waals surface area (Å²) in [5.41, 5.74) is 4.41. The number of imide groups is 1. The molecule has 2 atom stereocenters. The molecule has 1 aliphatic carbocycles. The highest BCUT2D eigenvalue weighted by molar-refractivity contribution is 6.22. The van der Waals surface area contributed by atoms with E-state index in [-0.39, 0.29) is 29.2 Å². The summed E-state index contributed by atoms with van der Waals surface area (Å²) in [4.78, 5) is 38.8. The second-order valence-electron chi connectivity index (χ2n) is 7.70. The molecule has 7 heteroatoms. The van der Waals surface area contributed by atoms with Gasteiger partial charge >= 0.3 is 0 Å². The first kappa shape index (κ1) is 19.9. The van der Waals surface area contributed by atoms with Crippen molar-refractivity contribution in [3.05, 3.63) is 65.5 Å². The average Bonchev–Trinajstić information content (AvgIpc) is 3.02. The van der Waals surface area contributed by atoms with Crippen LogP contribution in [-0.2, 0) is 9.59 Å². The Bertz CT molecular complexity index is 1010. The topological polar surface area (TPSA) is 78.8 Å². The van der Waals surface area contributed by atoms with Crippen molar-refractivity contribution in [3.8, 4) is 0 Å². The molecule has 0 spiro atoms. The van der Waals surface area contributed by atoms with Crippen LogP contribution < -0.4 is 10.3 Å². The molecule has 2 fully saturated rings. The fraction of sp³-hybridized carbons (Fsp3) is 0.304. The van der Waals surface area contributed by atoms with Crippen molar-refractivity contribution in [2.75, 3.05) is 4.90 Å². The molecule has 1 saturated carbocycles. The SMILES string of the molecule is C/C(=N/NC(=O)c1cccc(F)c1)c1ccc(N2C(=O)[C@H]3CCCC[C@H]3C2=O)cc1. The molecule has 1 saturated heterocycles. The van der Waals surface area contributed by atoms with E-state index in [0.717, 1.165) is 37.3 Å². The van der Waals surface area contributed by atoms with Crippen molar-refractivity contribution >= 4 is 29.1 Å². The van der Waals surface area contributed by atoms with E-state index in [0.29, 0.717) is 11.4 Å². The zero-order valence-electron chi connectivity index (χ0n) is 16.6. The number of hydrogen-bond donors (Lipinski definition) is 1. The number of nitrogens with one attached hydrogen (secondary N) is 1.